The SMILES string of the molecule is C=CC(C)CC(=O)Cc1ccc(Cl)cc1. The summed E-state index contributed by atoms with van der Waals surface area (Å²) in [5, 5.41) is 0.700. The fourth-order valence-electron chi connectivity index (χ4n) is 1.34. The molecule has 15 heavy (non-hydrogen) atoms. The molecule has 0 fully saturated rings. The van der Waals surface area contributed by atoms with Crippen molar-refractivity contribution >= 4 is 17.4 Å². The van der Waals surface area contributed by atoms with Crippen LogP contribution in [0, 0.1) is 5.92 Å². The fourth-order valence-corrected chi connectivity index (χ4v) is 1.47. The van der Waals surface area contributed by atoms with Gasteiger partial charge in [0.25, 0.3) is 0 Å². The largest absolute Gasteiger partial charge is 0.299 e. The minimum Gasteiger partial charge on any atom is -0.299 e. The van der Waals surface area contributed by atoms with Crippen LogP contribution in [0.15, 0.2) is 36.9 Å². The van der Waals surface area contributed by atoms with E-state index in [2.05, 4.69) is 6.58 Å². The van der Waals surface area contributed by atoms with Crippen LogP contribution in [-0.4, -0.2) is 5.78 Å². The molecule has 0 aliphatic carbocycles. The third-order valence-corrected chi connectivity index (χ3v) is 2.52. The number of ketones is 1. The molecule has 0 amide bonds. The summed E-state index contributed by atoms with van der Waals surface area (Å²) in [6, 6.07) is 7.39. The topological polar surface area (TPSA) is 17.1 Å². The summed E-state index contributed by atoms with van der Waals surface area (Å²) in [5.74, 6) is 0.495. The number of hydrogen-bond acceptors (Lipinski definition) is 1. The van der Waals surface area contributed by atoms with Crippen LogP contribution in [0.4, 0.5) is 0 Å². The summed E-state index contributed by atoms with van der Waals surface area (Å²) in [4.78, 5) is 11.6. The van der Waals surface area contributed by atoms with Crippen LogP contribution in [-0.2, 0) is 11.2 Å². The van der Waals surface area contributed by atoms with Crippen LogP contribution in [0.1, 0.15) is 18.9 Å². The molecule has 1 nitrogen and oxygen atoms in total. The molecule has 0 saturated heterocycles. The molecule has 1 atom stereocenters. The summed E-state index contributed by atoms with van der Waals surface area (Å²) < 4.78 is 0. The normalized spacial score (nSPS) is 12.1. The van der Waals surface area contributed by atoms with Gasteiger partial charge in [0.1, 0.15) is 5.78 Å². The minimum absolute atomic E-state index is 0.240. The Kier molecular flexibility index (Phi) is 4.57. The molecule has 0 aromatic heterocycles. The zero-order valence-corrected chi connectivity index (χ0v) is 9.63. The lowest BCUT2D eigenvalue weighted by Crippen LogP contribution is -2.06. The summed E-state index contributed by atoms with van der Waals surface area (Å²) >= 11 is 5.76. The van der Waals surface area contributed by atoms with E-state index in [9.17, 15) is 4.79 Å². The van der Waals surface area contributed by atoms with Gasteiger partial charge < -0.3 is 0 Å². The van der Waals surface area contributed by atoms with Gasteiger partial charge in [0.05, 0.1) is 0 Å². The monoisotopic (exact) mass is 222 g/mol. The first-order valence-electron chi connectivity index (χ1n) is 5.00. The number of halogens is 1. The number of allylic oxidation sites excluding steroid dienone is 1. The number of carbonyl (C=O) groups excluding carboxylic acids is 1. The smallest absolute Gasteiger partial charge is 0.137 e. The molecule has 1 aromatic rings. The van der Waals surface area contributed by atoms with Gasteiger partial charge in [-0.2, -0.15) is 0 Å². The maximum absolute atomic E-state index is 11.6. The average molecular weight is 223 g/mol. The summed E-state index contributed by atoms with van der Waals surface area (Å²) in [6.07, 6.45) is 2.85. The number of carbonyl (C=O) groups is 1. The van der Waals surface area contributed by atoms with Gasteiger partial charge in [-0.3, -0.25) is 4.79 Å². The highest BCUT2D eigenvalue weighted by molar-refractivity contribution is 6.30. The highest BCUT2D eigenvalue weighted by atomic mass is 35.5. The van der Waals surface area contributed by atoms with Gasteiger partial charge >= 0.3 is 0 Å². The van der Waals surface area contributed by atoms with E-state index < -0.39 is 0 Å². The second kappa shape index (κ2) is 5.72. The van der Waals surface area contributed by atoms with Crippen LogP contribution < -0.4 is 0 Å². The zero-order valence-electron chi connectivity index (χ0n) is 8.87. The van der Waals surface area contributed by atoms with Crippen molar-refractivity contribution in [3.05, 3.63) is 47.5 Å². The predicted octanol–water partition coefficient (Wildman–Crippen LogP) is 3.66. The van der Waals surface area contributed by atoms with Crippen molar-refractivity contribution in [2.75, 3.05) is 0 Å². The molecule has 0 aliphatic heterocycles. The maximum atomic E-state index is 11.6. The van der Waals surface area contributed by atoms with Gasteiger partial charge in [0.15, 0.2) is 0 Å². The molecule has 0 aliphatic rings. The van der Waals surface area contributed by atoms with Crippen molar-refractivity contribution < 1.29 is 4.79 Å². The lowest BCUT2D eigenvalue weighted by Gasteiger charge is -2.04. The standard InChI is InChI=1S/C13H15ClO/c1-3-10(2)8-13(15)9-11-4-6-12(14)7-5-11/h3-7,10H,1,8-9H2,2H3. The highest BCUT2D eigenvalue weighted by Crippen LogP contribution is 2.12. The number of rotatable bonds is 5. The van der Waals surface area contributed by atoms with Crippen LogP contribution in [0.2, 0.25) is 5.02 Å². The minimum atomic E-state index is 0.240. The number of hydrogen-bond donors (Lipinski definition) is 0. The van der Waals surface area contributed by atoms with E-state index in [1.165, 1.54) is 0 Å². The Balaban J connectivity index is 2.51. The highest BCUT2D eigenvalue weighted by Gasteiger charge is 2.06. The van der Waals surface area contributed by atoms with Crippen LogP contribution in [0.3, 0.4) is 0 Å². The Bertz CT molecular complexity index is 340. The van der Waals surface area contributed by atoms with Gasteiger partial charge in [0.2, 0.25) is 0 Å². The maximum Gasteiger partial charge on any atom is 0.137 e. The summed E-state index contributed by atoms with van der Waals surface area (Å²) in [7, 11) is 0. The van der Waals surface area contributed by atoms with E-state index in [1.807, 2.05) is 19.1 Å². The van der Waals surface area contributed by atoms with Gasteiger partial charge in [0, 0.05) is 17.9 Å². The molecule has 0 radical (unpaired) electrons. The average Bonchev–Trinajstić information content (AvgIpc) is 2.21. The molecule has 1 rings (SSSR count). The van der Waals surface area contributed by atoms with E-state index in [1.54, 1.807) is 18.2 Å². The molecule has 1 aromatic carbocycles. The van der Waals surface area contributed by atoms with Crippen molar-refractivity contribution in [3.63, 3.8) is 0 Å². The van der Waals surface area contributed by atoms with Gasteiger partial charge in [-0.15, -0.1) is 6.58 Å². The van der Waals surface area contributed by atoms with E-state index in [0.717, 1.165) is 5.56 Å². The predicted molar refractivity (Wildman–Crippen MR) is 64.1 cm³/mol. The first kappa shape index (κ1) is 12.0. The zero-order chi connectivity index (χ0) is 11.3. The van der Waals surface area contributed by atoms with Crippen molar-refractivity contribution in [2.24, 2.45) is 5.92 Å². The number of benzene rings is 1. The Morgan fingerprint density at radius 1 is 1.47 bits per heavy atom. The molecule has 0 saturated carbocycles. The summed E-state index contributed by atoms with van der Waals surface area (Å²) in [6.45, 7) is 5.66. The molecule has 0 N–H and O–H groups in total. The Labute approximate surface area is 95.8 Å². The van der Waals surface area contributed by atoms with Crippen molar-refractivity contribution in [1.29, 1.82) is 0 Å². The van der Waals surface area contributed by atoms with Crippen molar-refractivity contribution in [1.82, 2.24) is 0 Å². The second-order valence-corrected chi connectivity index (χ2v) is 4.20. The van der Waals surface area contributed by atoms with E-state index >= 15 is 0 Å². The second-order valence-electron chi connectivity index (χ2n) is 3.76. The van der Waals surface area contributed by atoms with Crippen LogP contribution >= 0.6 is 11.6 Å². The van der Waals surface area contributed by atoms with Gasteiger partial charge in [-0.1, -0.05) is 36.7 Å². The molecule has 0 bridgehead atoms. The first-order valence-corrected chi connectivity index (χ1v) is 5.38. The molecule has 2 heteroatoms. The van der Waals surface area contributed by atoms with E-state index in [-0.39, 0.29) is 11.7 Å². The fraction of sp³-hybridized carbons (Fsp3) is 0.308. The van der Waals surface area contributed by atoms with Gasteiger partial charge in [-0.25, -0.2) is 0 Å². The van der Waals surface area contributed by atoms with Crippen molar-refractivity contribution in [3.8, 4) is 0 Å². The molecule has 1 unspecified atom stereocenters. The van der Waals surface area contributed by atoms with Gasteiger partial charge in [-0.05, 0) is 23.6 Å². The van der Waals surface area contributed by atoms with Crippen molar-refractivity contribution in [2.45, 2.75) is 19.8 Å². The molecule has 80 valence electrons. The van der Waals surface area contributed by atoms with Crippen LogP contribution in [0.5, 0.6) is 0 Å². The molecule has 0 spiro atoms. The number of Topliss-reactive ketones (excluding diaryl/α,β-unsaturated/α-hetero) is 1. The van der Waals surface area contributed by atoms with Crippen LogP contribution in [0.25, 0.3) is 0 Å². The first-order chi connectivity index (χ1) is 7.11. The molecular weight excluding hydrogens is 208 g/mol. The van der Waals surface area contributed by atoms with E-state index in [0.29, 0.717) is 17.9 Å². The third-order valence-electron chi connectivity index (χ3n) is 2.27. The quantitative estimate of drug-likeness (QED) is 0.695. The lowest BCUT2D eigenvalue weighted by atomic mass is 10.00. The summed E-state index contributed by atoms with van der Waals surface area (Å²) in [5.41, 5.74) is 1.01. The molecule has 0 heterocycles. The lowest BCUT2D eigenvalue weighted by molar-refractivity contribution is -0.118. The Morgan fingerprint density at radius 3 is 2.60 bits per heavy atom. The Hall–Kier alpha value is -1.08. The molecular formula is C13H15ClO. The third kappa shape index (κ3) is 4.30. The van der Waals surface area contributed by atoms with E-state index in [4.69, 9.17) is 11.6 Å². The Morgan fingerprint density at radius 2 is 2.07 bits per heavy atom.